The van der Waals surface area contributed by atoms with E-state index >= 15 is 0 Å². The molecule has 0 saturated carbocycles. The average Bonchev–Trinajstić information content (AvgIpc) is 1.55. The Labute approximate surface area is 644 Å². The zero-order chi connectivity index (χ0) is 73.7. The van der Waals surface area contributed by atoms with Crippen LogP contribution in [-0.2, 0) is 0 Å². The number of aromatic nitrogens is 10. The second-order valence-corrected chi connectivity index (χ2v) is 28.6. The molecule has 0 unspecified atom stereocenters. The van der Waals surface area contributed by atoms with E-state index in [1.807, 2.05) is 72.8 Å². The highest BCUT2D eigenvalue weighted by molar-refractivity contribution is 6.27. The van der Waals surface area contributed by atoms with E-state index in [2.05, 4.69) is 334 Å². The predicted octanol–water partition coefficient (Wildman–Crippen LogP) is 25.4. The Morgan fingerprint density at radius 1 is 0.152 bits per heavy atom. The minimum absolute atomic E-state index is 0.558. The molecule has 522 valence electrons. The second kappa shape index (κ2) is 26.3. The van der Waals surface area contributed by atoms with Crippen LogP contribution in [0.1, 0.15) is 0 Å². The van der Waals surface area contributed by atoms with Crippen LogP contribution in [0.25, 0.3) is 212 Å². The SMILES string of the molecule is c1ccc(-c2nc(-c3ccccc3)nc(-n3c4ccccc4c4c3ccc3c5ccccc5n(-c5ccc(-c6cccc(-c7cccc(-c8cccc(-c9cccc(-c%10cccc(-n%11c%12ccccc%12c%12c%11ccc%11c%13ccccc%13n(-c%13nc(-c%14ccccc%14)nc(-c%14ccccc%14)n%13)c%11%12)c%10)c9)c8)c7)c6)cc5)c34)n2)cc1. The maximum atomic E-state index is 5.32. The topological polar surface area (TPSA) is 97.1 Å². The van der Waals surface area contributed by atoms with Gasteiger partial charge in [0.15, 0.2) is 23.3 Å². The largest absolute Gasteiger partial charge is 0.309 e. The summed E-state index contributed by atoms with van der Waals surface area (Å²) >= 11 is 0. The number of fused-ring (bicyclic) bond motifs is 14. The van der Waals surface area contributed by atoms with Gasteiger partial charge in [-0.3, -0.25) is 9.13 Å². The number of para-hydroxylation sites is 4. The van der Waals surface area contributed by atoms with E-state index in [4.69, 9.17) is 29.9 Å². The van der Waals surface area contributed by atoms with Gasteiger partial charge in [-0.2, -0.15) is 19.9 Å². The number of nitrogens with zero attached hydrogens (tertiary/aromatic N) is 10. The molecule has 0 spiro atoms. The number of hydrogen-bond donors (Lipinski definition) is 0. The summed E-state index contributed by atoms with van der Waals surface area (Å²) in [7, 11) is 0. The molecule has 0 radical (unpaired) electrons. The molecule has 0 aliphatic heterocycles. The molecule has 22 rings (SSSR count). The molecular weight excluding hydrogens is 1370 g/mol. The maximum Gasteiger partial charge on any atom is 0.238 e. The van der Waals surface area contributed by atoms with Crippen LogP contribution >= 0.6 is 0 Å². The van der Waals surface area contributed by atoms with Crippen molar-refractivity contribution in [2.75, 3.05) is 0 Å². The molecule has 0 amide bonds. The first-order valence-electron chi connectivity index (χ1n) is 37.8. The summed E-state index contributed by atoms with van der Waals surface area (Å²) in [4.78, 5) is 31.3. The molecule has 16 aromatic carbocycles. The van der Waals surface area contributed by atoms with Crippen LogP contribution in [0.15, 0.2) is 388 Å². The Morgan fingerprint density at radius 3 is 0.857 bits per heavy atom. The first kappa shape index (κ1) is 64.0. The third kappa shape index (κ3) is 10.7. The highest BCUT2D eigenvalue weighted by Gasteiger charge is 2.27. The van der Waals surface area contributed by atoms with Gasteiger partial charge in [-0.1, -0.05) is 303 Å². The van der Waals surface area contributed by atoms with Crippen molar-refractivity contribution in [2.45, 2.75) is 0 Å². The minimum Gasteiger partial charge on any atom is -0.309 e. The van der Waals surface area contributed by atoms with Gasteiger partial charge in [-0.15, -0.1) is 0 Å². The number of benzene rings is 16. The molecule has 10 heteroatoms. The Kier molecular flexibility index (Phi) is 15.0. The van der Waals surface area contributed by atoms with Gasteiger partial charge in [-0.25, -0.2) is 9.97 Å². The molecule has 112 heavy (non-hydrogen) atoms. The summed E-state index contributed by atoms with van der Waals surface area (Å²) in [5.41, 5.74) is 25.7. The molecule has 0 fully saturated rings. The molecule has 6 heterocycles. The maximum absolute atomic E-state index is 5.32. The van der Waals surface area contributed by atoms with Crippen molar-refractivity contribution in [3.8, 4) is 124 Å². The lowest BCUT2D eigenvalue weighted by Gasteiger charge is -2.13. The lowest BCUT2D eigenvalue weighted by Crippen LogP contribution is -2.06. The molecule has 22 aromatic rings. The van der Waals surface area contributed by atoms with Crippen LogP contribution < -0.4 is 0 Å². The minimum atomic E-state index is 0.558. The molecule has 0 aliphatic rings. The van der Waals surface area contributed by atoms with Crippen molar-refractivity contribution < 1.29 is 0 Å². The van der Waals surface area contributed by atoms with Crippen LogP contribution in [-0.4, -0.2) is 48.2 Å². The molecule has 0 saturated heterocycles. The van der Waals surface area contributed by atoms with E-state index < -0.39 is 0 Å². The van der Waals surface area contributed by atoms with Gasteiger partial charge >= 0.3 is 0 Å². The predicted molar refractivity (Wildman–Crippen MR) is 459 cm³/mol. The van der Waals surface area contributed by atoms with E-state index in [-0.39, 0.29) is 0 Å². The first-order chi connectivity index (χ1) is 55.5. The van der Waals surface area contributed by atoms with Gasteiger partial charge < -0.3 is 9.13 Å². The van der Waals surface area contributed by atoms with Crippen LogP contribution in [0.3, 0.4) is 0 Å². The molecule has 10 nitrogen and oxygen atoms in total. The normalized spacial score (nSPS) is 11.8. The van der Waals surface area contributed by atoms with E-state index in [9.17, 15) is 0 Å². The van der Waals surface area contributed by atoms with E-state index in [1.165, 1.54) is 10.8 Å². The Morgan fingerprint density at radius 2 is 0.446 bits per heavy atom. The fourth-order valence-corrected chi connectivity index (χ4v) is 16.9. The van der Waals surface area contributed by atoms with Crippen molar-refractivity contribution in [3.63, 3.8) is 0 Å². The van der Waals surface area contributed by atoms with Gasteiger partial charge in [0.05, 0.1) is 44.1 Å². The smallest absolute Gasteiger partial charge is 0.238 e. The molecule has 0 N–H and O–H groups in total. The first-order valence-corrected chi connectivity index (χ1v) is 37.8. The van der Waals surface area contributed by atoms with Crippen molar-refractivity contribution in [1.29, 1.82) is 0 Å². The van der Waals surface area contributed by atoms with Gasteiger partial charge in [0.1, 0.15) is 0 Å². The lowest BCUT2D eigenvalue weighted by atomic mass is 9.94. The van der Waals surface area contributed by atoms with Gasteiger partial charge in [0, 0.05) is 76.7 Å². The third-order valence-corrected chi connectivity index (χ3v) is 22.1. The van der Waals surface area contributed by atoms with E-state index in [0.29, 0.717) is 35.2 Å². The van der Waals surface area contributed by atoms with Gasteiger partial charge in [0.2, 0.25) is 11.9 Å². The van der Waals surface area contributed by atoms with Crippen LogP contribution in [0, 0.1) is 0 Å². The lowest BCUT2D eigenvalue weighted by molar-refractivity contribution is 0.953. The summed E-state index contributed by atoms with van der Waals surface area (Å²) in [6, 6.07) is 138. The Balaban J connectivity index is 0.579. The highest BCUT2D eigenvalue weighted by Crippen LogP contribution is 2.46. The van der Waals surface area contributed by atoms with Gasteiger partial charge in [-0.05, 0) is 141 Å². The Hall–Kier alpha value is -15.3. The fraction of sp³-hybridized carbons (Fsp3) is 0. The van der Waals surface area contributed by atoms with Crippen molar-refractivity contribution >= 4 is 87.2 Å². The standard InChI is InChI=1S/C102H64N10/c1-5-26-66(27-6-1)97-103-98(67-28-7-2-8-29-67)106-101(105-97)111-90-51-20-16-47-86(90)94-92(111)59-57-83-81-44-13-17-48-87(81)110(95(83)94)79-54-52-65(53-55-79)70-34-21-35-71(60-70)72-36-22-37-73(61-72)74-38-23-39-75(62-74)76-40-24-41-77(63-76)78-42-25-43-80(64-78)109-89-50-19-15-46-85(89)93-91(109)58-56-84-82-45-14-18-49-88(82)112(96(84)93)102-107-99(68-30-9-3-10-31-68)104-100(108-102)69-32-11-4-12-33-69/h1-64H. The fourth-order valence-electron chi connectivity index (χ4n) is 16.9. The van der Waals surface area contributed by atoms with Crippen molar-refractivity contribution in [1.82, 2.24) is 48.2 Å². The van der Waals surface area contributed by atoms with Crippen molar-refractivity contribution in [2.24, 2.45) is 0 Å². The van der Waals surface area contributed by atoms with Crippen LogP contribution in [0.2, 0.25) is 0 Å². The zero-order valence-electron chi connectivity index (χ0n) is 60.4. The number of rotatable bonds is 13. The van der Waals surface area contributed by atoms with E-state index in [0.717, 1.165) is 166 Å². The van der Waals surface area contributed by atoms with Crippen LogP contribution in [0.4, 0.5) is 0 Å². The summed E-state index contributed by atoms with van der Waals surface area (Å²) in [5.74, 6) is 3.57. The second-order valence-electron chi connectivity index (χ2n) is 28.6. The summed E-state index contributed by atoms with van der Waals surface area (Å²) < 4.78 is 9.32. The van der Waals surface area contributed by atoms with Gasteiger partial charge in [0.25, 0.3) is 0 Å². The summed E-state index contributed by atoms with van der Waals surface area (Å²) in [6.07, 6.45) is 0. The molecular formula is C102H64N10. The van der Waals surface area contributed by atoms with Crippen molar-refractivity contribution in [3.05, 3.63) is 388 Å². The molecule has 0 atom stereocenters. The Bertz CT molecular complexity index is 7370. The zero-order valence-corrected chi connectivity index (χ0v) is 60.4. The quantitative estimate of drug-likeness (QED) is 0.114. The average molecular weight is 1430 g/mol. The molecule has 0 bridgehead atoms. The van der Waals surface area contributed by atoms with E-state index in [1.54, 1.807) is 0 Å². The van der Waals surface area contributed by atoms with Crippen LogP contribution in [0.5, 0.6) is 0 Å². The summed E-state index contributed by atoms with van der Waals surface area (Å²) in [6.45, 7) is 0. The number of hydrogen-bond acceptors (Lipinski definition) is 6. The molecule has 6 aromatic heterocycles. The summed E-state index contributed by atoms with van der Waals surface area (Å²) in [5, 5.41) is 9.10. The third-order valence-electron chi connectivity index (χ3n) is 22.1. The molecule has 0 aliphatic carbocycles. The monoisotopic (exact) mass is 1430 g/mol. The highest BCUT2D eigenvalue weighted by atomic mass is 15.2.